The Morgan fingerprint density at radius 2 is 2.06 bits per heavy atom. The largest absolute Gasteiger partial charge is 0.405 e. The summed E-state index contributed by atoms with van der Waals surface area (Å²) < 4.78 is 0. The zero-order chi connectivity index (χ0) is 21.5. The van der Waals surface area contributed by atoms with E-state index in [0.717, 1.165) is 44.2 Å². The third-order valence-corrected chi connectivity index (χ3v) is 5.14. The van der Waals surface area contributed by atoms with Gasteiger partial charge < -0.3 is 20.9 Å². The Labute approximate surface area is 184 Å². The lowest BCUT2D eigenvalue weighted by Crippen LogP contribution is -2.46. The van der Waals surface area contributed by atoms with E-state index in [2.05, 4.69) is 58.2 Å². The van der Waals surface area contributed by atoms with Crippen molar-refractivity contribution >= 4 is 29.5 Å². The first-order valence-corrected chi connectivity index (χ1v) is 10.3. The Morgan fingerprint density at radius 1 is 1.19 bits per heavy atom. The number of aromatic nitrogens is 4. The summed E-state index contributed by atoms with van der Waals surface area (Å²) in [5.74, 6) is 2.17. The molecular weight excluding hydrogens is 390 g/mol. The Morgan fingerprint density at radius 3 is 2.81 bits per heavy atom. The molecule has 0 bridgehead atoms. The highest BCUT2D eigenvalue weighted by atomic mass is 15.3. The van der Waals surface area contributed by atoms with Gasteiger partial charge in [0.05, 0.1) is 11.4 Å². The number of nitrogens with one attached hydrogen (secondary N) is 2. The number of nitrogens with two attached hydrogens (primary N) is 1. The second kappa shape index (κ2) is 9.86. The zero-order valence-electron chi connectivity index (χ0n) is 17.6. The Bertz CT molecular complexity index is 1050. The molecule has 0 amide bonds. The summed E-state index contributed by atoms with van der Waals surface area (Å²) in [6, 6.07) is 8.18. The van der Waals surface area contributed by atoms with Gasteiger partial charge in [-0.1, -0.05) is 0 Å². The molecule has 0 spiro atoms. The van der Waals surface area contributed by atoms with Crippen LogP contribution in [0.25, 0.3) is 0 Å². The van der Waals surface area contributed by atoms with Crippen LogP contribution < -0.4 is 16.0 Å². The van der Waals surface area contributed by atoms with Gasteiger partial charge in [-0.15, -0.1) is 0 Å². The second-order valence-electron chi connectivity index (χ2n) is 7.31. The molecule has 1 aliphatic heterocycles. The minimum Gasteiger partial charge on any atom is -0.405 e. The van der Waals surface area contributed by atoms with Gasteiger partial charge in [0.1, 0.15) is 5.82 Å². The topological polar surface area (TPSA) is 111 Å². The van der Waals surface area contributed by atoms with E-state index in [9.17, 15) is 0 Å². The molecule has 0 aliphatic carbocycles. The molecule has 164 valence electrons. The normalized spacial score (nSPS) is 15.2. The smallest absolute Gasteiger partial charge is 0.205 e. The Balaban J connectivity index is 0.00000193. The van der Waals surface area contributed by atoms with E-state index in [1.807, 2.05) is 19.2 Å². The van der Waals surface area contributed by atoms with Gasteiger partial charge in [0, 0.05) is 60.4 Å². The van der Waals surface area contributed by atoms with Crippen LogP contribution >= 0.6 is 0 Å². The summed E-state index contributed by atoms with van der Waals surface area (Å²) in [7, 11) is 0. The minimum absolute atomic E-state index is 0. The van der Waals surface area contributed by atoms with Gasteiger partial charge in [-0.2, -0.15) is 0 Å². The molecule has 0 aromatic carbocycles. The number of hydrogen-bond acceptors (Lipinski definition) is 8. The molecule has 3 aromatic heterocycles. The maximum absolute atomic E-state index is 5.33. The predicted molar refractivity (Wildman–Crippen MR) is 128 cm³/mol. The van der Waals surface area contributed by atoms with Crippen LogP contribution in [0.15, 0.2) is 60.1 Å². The van der Waals surface area contributed by atoms with Crippen molar-refractivity contribution in [3.8, 4) is 0 Å². The lowest BCUT2D eigenvalue weighted by molar-refractivity contribution is 0.249. The molecule has 4 heterocycles. The molecule has 3 aromatic rings. The van der Waals surface area contributed by atoms with E-state index < -0.39 is 0 Å². The van der Waals surface area contributed by atoms with Crippen molar-refractivity contribution in [1.82, 2.24) is 24.8 Å². The van der Waals surface area contributed by atoms with Crippen LogP contribution in [-0.4, -0.2) is 57.2 Å². The van der Waals surface area contributed by atoms with Crippen LogP contribution in [0.3, 0.4) is 0 Å². The number of nitrogens with zero attached hydrogens (tertiary/aromatic N) is 6. The van der Waals surface area contributed by atoms with Crippen LogP contribution in [0, 0.1) is 6.92 Å². The SMILES string of the molecule is Cc1nc(N=C/C=C\N)ccc1N1CCN(Cc2ccnc(Nc3ncc[nH]3)c2)CC1.[HH].[HH]. The first kappa shape index (κ1) is 20.5. The Hall–Kier alpha value is -3.72. The molecule has 1 saturated heterocycles. The lowest BCUT2D eigenvalue weighted by atomic mass is 10.2. The number of allylic oxidation sites excluding steroid dienone is 1. The van der Waals surface area contributed by atoms with E-state index in [0.29, 0.717) is 11.8 Å². The average Bonchev–Trinajstić information content (AvgIpc) is 3.28. The fourth-order valence-corrected chi connectivity index (χ4v) is 3.62. The molecule has 4 N–H and O–H groups in total. The van der Waals surface area contributed by atoms with Crippen molar-refractivity contribution in [3.63, 3.8) is 0 Å². The van der Waals surface area contributed by atoms with Crippen molar-refractivity contribution in [2.45, 2.75) is 13.5 Å². The zero-order valence-corrected chi connectivity index (χ0v) is 17.6. The van der Waals surface area contributed by atoms with Crippen molar-refractivity contribution in [1.29, 1.82) is 0 Å². The summed E-state index contributed by atoms with van der Waals surface area (Å²) in [6.07, 6.45) is 10.1. The maximum atomic E-state index is 5.33. The van der Waals surface area contributed by atoms with Crippen LogP contribution in [0.1, 0.15) is 14.1 Å². The van der Waals surface area contributed by atoms with Crippen molar-refractivity contribution in [2.24, 2.45) is 10.7 Å². The minimum atomic E-state index is 0. The van der Waals surface area contributed by atoms with Crippen LogP contribution in [0.4, 0.5) is 23.3 Å². The molecule has 9 heteroatoms. The summed E-state index contributed by atoms with van der Waals surface area (Å²) in [6.45, 7) is 6.83. The highest BCUT2D eigenvalue weighted by molar-refractivity contribution is 5.73. The van der Waals surface area contributed by atoms with Crippen molar-refractivity contribution < 1.29 is 2.85 Å². The van der Waals surface area contributed by atoms with Crippen LogP contribution in [0.5, 0.6) is 0 Å². The summed E-state index contributed by atoms with van der Waals surface area (Å²) >= 11 is 0. The van der Waals surface area contributed by atoms with Gasteiger partial charge in [0.25, 0.3) is 0 Å². The molecule has 0 radical (unpaired) electrons. The van der Waals surface area contributed by atoms with Crippen molar-refractivity contribution in [2.75, 3.05) is 36.4 Å². The molecular formula is C22H31N9. The highest BCUT2D eigenvalue weighted by Crippen LogP contribution is 2.23. The van der Waals surface area contributed by atoms with Gasteiger partial charge in [0.2, 0.25) is 5.95 Å². The maximum Gasteiger partial charge on any atom is 0.205 e. The standard InChI is InChI=1S/C22H27N9.2H2/c1-17-19(3-4-20(28-17)24-7-2-6-23)31-13-11-30(12-14-31)16-18-5-8-25-21(15-18)29-22-26-9-10-27-22;;/h2-10,15H,11-14,16,23H2,1H3,(H2,25,26,27,29);2*1H/b6-2-,24-7?;;. The third-order valence-electron chi connectivity index (χ3n) is 5.14. The lowest BCUT2D eigenvalue weighted by Gasteiger charge is -2.36. The van der Waals surface area contributed by atoms with Crippen LogP contribution in [0.2, 0.25) is 0 Å². The number of rotatable bonds is 7. The fraction of sp³-hybridized carbons (Fsp3) is 0.273. The molecule has 1 fully saturated rings. The summed E-state index contributed by atoms with van der Waals surface area (Å²) in [4.78, 5) is 25.3. The molecule has 9 nitrogen and oxygen atoms in total. The van der Waals surface area contributed by atoms with E-state index in [4.69, 9.17) is 5.73 Å². The molecule has 1 aliphatic rings. The molecule has 0 saturated carbocycles. The molecule has 4 rings (SSSR count). The fourth-order valence-electron chi connectivity index (χ4n) is 3.62. The number of aliphatic imine (C=N–C) groups is 1. The van der Waals surface area contributed by atoms with Gasteiger partial charge in [-0.25, -0.2) is 19.9 Å². The van der Waals surface area contributed by atoms with Gasteiger partial charge in [-0.3, -0.25) is 4.90 Å². The molecule has 0 unspecified atom stereocenters. The molecule has 0 atom stereocenters. The van der Waals surface area contributed by atoms with Gasteiger partial charge in [-0.05, 0) is 49.0 Å². The van der Waals surface area contributed by atoms with E-state index in [-0.39, 0.29) is 2.85 Å². The number of anilines is 3. The first-order valence-electron chi connectivity index (χ1n) is 10.3. The number of piperazine rings is 1. The summed E-state index contributed by atoms with van der Waals surface area (Å²) in [5.41, 5.74) is 8.71. The number of aryl methyl sites for hydroxylation is 1. The molecule has 31 heavy (non-hydrogen) atoms. The number of hydrogen-bond donors (Lipinski definition) is 3. The van der Waals surface area contributed by atoms with E-state index in [1.54, 1.807) is 24.7 Å². The number of aromatic amines is 1. The van der Waals surface area contributed by atoms with Gasteiger partial charge in [0.15, 0.2) is 5.82 Å². The van der Waals surface area contributed by atoms with Crippen molar-refractivity contribution in [3.05, 3.63) is 66.4 Å². The third kappa shape index (κ3) is 5.46. The second-order valence-corrected chi connectivity index (χ2v) is 7.31. The van der Waals surface area contributed by atoms with Gasteiger partial charge >= 0.3 is 0 Å². The summed E-state index contributed by atoms with van der Waals surface area (Å²) in [5, 5.41) is 3.19. The highest BCUT2D eigenvalue weighted by Gasteiger charge is 2.19. The number of pyridine rings is 2. The van der Waals surface area contributed by atoms with E-state index in [1.165, 1.54) is 17.5 Å². The van der Waals surface area contributed by atoms with E-state index >= 15 is 0 Å². The number of imidazole rings is 1. The first-order chi connectivity index (χ1) is 15.2. The quantitative estimate of drug-likeness (QED) is 0.502. The Kier molecular flexibility index (Phi) is 6.53. The monoisotopic (exact) mass is 421 g/mol. The predicted octanol–water partition coefficient (Wildman–Crippen LogP) is 3.24. The average molecular weight is 422 g/mol. The van der Waals surface area contributed by atoms with Crippen LogP contribution in [-0.2, 0) is 6.54 Å². The number of H-pyrrole nitrogens is 1.